The average molecular weight is 419 g/mol. The van der Waals surface area contributed by atoms with E-state index in [1.807, 2.05) is 48.5 Å². The van der Waals surface area contributed by atoms with Gasteiger partial charge in [-0.05, 0) is 72.6 Å². The standard InChI is InChI=1S/C26H26FNO3/c1-30-22-11-3-18(4-12-22)17-28-16-15-24(25(28)19-5-9-21(27)10-6-19)26(29)20-7-13-23(31-2)14-8-20/h3-14,24-25H,15-17H2,1-2H3. The molecule has 0 spiro atoms. The van der Waals surface area contributed by atoms with Crippen LogP contribution in [0.2, 0.25) is 0 Å². The van der Waals surface area contributed by atoms with Crippen molar-refractivity contribution < 1.29 is 18.7 Å². The fraction of sp³-hybridized carbons (Fsp3) is 0.269. The molecule has 3 aromatic rings. The Balaban J connectivity index is 1.62. The molecule has 1 aliphatic heterocycles. The van der Waals surface area contributed by atoms with Crippen LogP contribution in [0.4, 0.5) is 4.39 Å². The van der Waals surface area contributed by atoms with E-state index < -0.39 is 0 Å². The minimum atomic E-state index is -0.276. The highest BCUT2D eigenvalue weighted by atomic mass is 19.1. The summed E-state index contributed by atoms with van der Waals surface area (Å²) in [4.78, 5) is 15.7. The summed E-state index contributed by atoms with van der Waals surface area (Å²) in [5.74, 6) is 1.17. The smallest absolute Gasteiger partial charge is 0.167 e. The number of rotatable bonds is 7. The van der Waals surface area contributed by atoms with Crippen LogP contribution in [0.25, 0.3) is 0 Å². The van der Waals surface area contributed by atoms with Gasteiger partial charge in [0.2, 0.25) is 0 Å². The zero-order valence-electron chi connectivity index (χ0n) is 17.8. The molecule has 31 heavy (non-hydrogen) atoms. The molecule has 1 fully saturated rings. The maximum atomic E-state index is 13.6. The molecule has 2 unspecified atom stereocenters. The van der Waals surface area contributed by atoms with Gasteiger partial charge >= 0.3 is 0 Å². The van der Waals surface area contributed by atoms with Crippen LogP contribution >= 0.6 is 0 Å². The van der Waals surface area contributed by atoms with Gasteiger partial charge in [0.25, 0.3) is 0 Å². The first-order valence-corrected chi connectivity index (χ1v) is 10.4. The SMILES string of the molecule is COc1ccc(CN2CCC(C(=O)c3ccc(OC)cc3)C2c2ccc(F)cc2)cc1. The molecule has 1 heterocycles. The highest BCUT2D eigenvalue weighted by Crippen LogP contribution is 2.40. The Morgan fingerprint density at radius 2 is 1.48 bits per heavy atom. The second kappa shape index (κ2) is 9.31. The van der Waals surface area contributed by atoms with Crippen LogP contribution in [0, 0.1) is 11.7 Å². The molecular formula is C26H26FNO3. The molecule has 4 rings (SSSR count). The van der Waals surface area contributed by atoms with Gasteiger partial charge < -0.3 is 9.47 Å². The summed E-state index contributed by atoms with van der Waals surface area (Å²) >= 11 is 0. The monoisotopic (exact) mass is 419 g/mol. The third kappa shape index (κ3) is 4.62. The van der Waals surface area contributed by atoms with Crippen LogP contribution < -0.4 is 9.47 Å². The van der Waals surface area contributed by atoms with Crippen molar-refractivity contribution in [1.29, 1.82) is 0 Å². The van der Waals surface area contributed by atoms with E-state index >= 15 is 0 Å². The highest BCUT2D eigenvalue weighted by Gasteiger charge is 2.39. The number of hydrogen-bond acceptors (Lipinski definition) is 4. The molecule has 0 radical (unpaired) electrons. The van der Waals surface area contributed by atoms with Gasteiger partial charge in [-0.1, -0.05) is 24.3 Å². The molecule has 0 N–H and O–H groups in total. The topological polar surface area (TPSA) is 38.8 Å². The van der Waals surface area contributed by atoms with Crippen molar-refractivity contribution in [3.63, 3.8) is 0 Å². The minimum absolute atomic E-state index is 0.106. The zero-order chi connectivity index (χ0) is 21.8. The molecule has 0 saturated carbocycles. The van der Waals surface area contributed by atoms with E-state index in [1.54, 1.807) is 26.4 Å². The molecule has 2 atom stereocenters. The Morgan fingerprint density at radius 3 is 2.06 bits per heavy atom. The predicted octanol–water partition coefficient (Wildman–Crippen LogP) is 5.29. The Hall–Kier alpha value is -3.18. The van der Waals surface area contributed by atoms with E-state index in [9.17, 15) is 9.18 Å². The number of halogens is 1. The van der Waals surface area contributed by atoms with Crippen molar-refractivity contribution in [2.24, 2.45) is 5.92 Å². The molecule has 0 bridgehead atoms. The third-order valence-corrected chi connectivity index (χ3v) is 5.97. The first-order valence-electron chi connectivity index (χ1n) is 10.4. The van der Waals surface area contributed by atoms with Crippen LogP contribution in [0.5, 0.6) is 11.5 Å². The second-order valence-corrected chi connectivity index (χ2v) is 7.80. The lowest BCUT2D eigenvalue weighted by Gasteiger charge is -2.28. The molecule has 0 amide bonds. The van der Waals surface area contributed by atoms with E-state index in [2.05, 4.69) is 4.90 Å². The minimum Gasteiger partial charge on any atom is -0.497 e. The molecule has 0 aromatic heterocycles. The summed E-state index contributed by atoms with van der Waals surface area (Å²) in [6.45, 7) is 1.50. The maximum Gasteiger partial charge on any atom is 0.167 e. The van der Waals surface area contributed by atoms with Crippen LogP contribution in [0.3, 0.4) is 0 Å². The van der Waals surface area contributed by atoms with E-state index in [-0.39, 0.29) is 23.6 Å². The van der Waals surface area contributed by atoms with Crippen LogP contribution in [-0.2, 0) is 6.54 Å². The Morgan fingerprint density at radius 1 is 0.903 bits per heavy atom. The third-order valence-electron chi connectivity index (χ3n) is 5.97. The lowest BCUT2D eigenvalue weighted by molar-refractivity contribution is 0.0878. The van der Waals surface area contributed by atoms with Crippen molar-refractivity contribution in [1.82, 2.24) is 4.90 Å². The molecule has 0 aliphatic carbocycles. The summed E-state index contributed by atoms with van der Waals surface area (Å²) in [7, 11) is 3.25. The Bertz CT molecular complexity index is 1020. The van der Waals surface area contributed by atoms with Gasteiger partial charge in [0.1, 0.15) is 17.3 Å². The normalized spacial score (nSPS) is 18.7. The first-order chi connectivity index (χ1) is 15.1. The van der Waals surface area contributed by atoms with Crippen LogP contribution in [0.15, 0.2) is 72.8 Å². The number of hydrogen-bond donors (Lipinski definition) is 0. The zero-order valence-corrected chi connectivity index (χ0v) is 17.8. The van der Waals surface area contributed by atoms with Gasteiger partial charge in [-0.2, -0.15) is 0 Å². The summed E-state index contributed by atoms with van der Waals surface area (Å²) < 4.78 is 24.0. The van der Waals surface area contributed by atoms with Crippen molar-refractivity contribution in [3.05, 3.63) is 95.3 Å². The summed E-state index contributed by atoms with van der Waals surface area (Å²) in [6.07, 6.45) is 0.753. The molecule has 3 aromatic carbocycles. The number of nitrogens with zero attached hydrogens (tertiary/aromatic N) is 1. The molecule has 5 heteroatoms. The number of ketones is 1. The van der Waals surface area contributed by atoms with Crippen LogP contribution in [-0.4, -0.2) is 31.4 Å². The van der Waals surface area contributed by atoms with E-state index in [4.69, 9.17) is 9.47 Å². The first kappa shape index (κ1) is 21.1. The van der Waals surface area contributed by atoms with Gasteiger partial charge in [0.05, 0.1) is 14.2 Å². The number of carbonyl (C=O) groups is 1. The van der Waals surface area contributed by atoms with Gasteiger partial charge in [-0.15, -0.1) is 0 Å². The fourth-order valence-electron chi connectivity index (χ4n) is 4.35. The Labute approximate surface area is 182 Å². The van der Waals surface area contributed by atoms with E-state index in [0.717, 1.165) is 35.6 Å². The number of methoxy groups -OCH3 is 2. The fourth-order valence-corrected chi connectivity index (χ4v) is 4.35. The van der Waals surface area contributed by atoms with Crippen molar-refractivity contribution in [2.45, 2.75) is 19.0 Å². The summed E-state index contributed by atoms with van der Waals surface area (Å²) in [5, 5.41) is 0. The quantitative estimate of drug-likeness (QED) is 0.488. The number of likely N-dealkylation sites (tertiary alicyclic amines) is 1. The number of Topliss-reactive ketones (excluding diaryl/α,β-unsaturated/α-hetero) is 1. The molecule has 1 saturated heterocycles. The number of carbonyl (C=O) groups excluding carboxylic acids is 1. The van der Waals surface area contributed by atoms with Crippen LogP contribution in [0.1, 0.15) is 33.9 Å². The van der Waals surface area contributed by atoms with E-state index in [1.165, 1.54) is 12.1 Å². The maximum absolute atomic E-state index is 13.6. The average Bonchev–Trinajstić information content (AvgIpc) is 3.23. The molecular weight excluding hydrogens is 393 g/mol. The lowest BCUT2D eigenvalue weighted by atomic mass is 9.87. The highest BCUT2D eigenvalue weighted by molar-refractivity contribution is 5.98. The number of benzene rings is 3. The molecule has 160 valence electrons. The Kier molecular flexibility index (Phi) is 6.33. The van der Waals surface area contributed by atoms with Gasteiger partial charge in [0.15, 0.2) is 5.78 Å². The molecule has 4 nitrogen and oxygen atoms in total. The second-order valence-electron chi connectivity index (χ2n) is 7.80. The van der Waals surface area contributed by atoms with Gasteiger partial charge in [-0.3, -0.25) is 9.69 Å². The van der Waals surface area contributed by atoms with Crippen molar-refractivity contribution >= 4 is 5.78 Å². The molecule has 1 aliphatic rings. The lowest BCUT2D eigenvalue weighted by Crippen LogP contribution is -2.28. The van der Waals surface area contributed by atoms with E-state index in [0.29, 0.717) is 12.1 Å². The van der Waals surface area contributed by atoms with Gasteiger partial charge in [0, 0.05) is 24.1 Å². The van der Waals surface area contributed by atoms with Crippen molar-refractivity contribution in [2.75, 3.05) is 20.8 Å². The van der Waals surface area contributed by atoms with Gasteiger partial charge in [-0.25, -0.2) is 4.39 Å². The predicted molar refractivity (Wildman–Crippen MR) is 118 cm³/mol. The number of ether oxygens (including phenoxy) is 2. The summed E-state index contributed by atoms with van der Waals surface area (Å²) in [5.41, 5.74) is 2.77. The largest absolute Gasteiger partial charge is 0.497 e. The summed E-state index contributed by atoms with van der Waals surface area (Å²) in [6, 6.07) is 21.6. The van der Waals surface area contributed by atoms with Crippen molar-refractivity contribution in [3.8, 4) is 11.5 Å².